The minimum atomic E-state index is -3.87. The van der Waals surface area contributed by atoms with Gasteiger partial charge in [0.25, 0.3) is 5.91 Å². The zero-order valence-electron chi connectivity index (χ0n) is 13.6. The predicted octanol–water partition coefficient (Wildman–Crippen LogP) is 0.281. The number of nitrogens with one attached hydrogen (secondary N) is 2. The van der Waals surface area contributed by atoms with Crippen molar-refractivity contribution in [3.05, 3.63) is 48.3 Å². The topological polar surface area (TPSA) is 119 Å². The highest BCUT2D eigenvalue weighted by atomic mass is 32.2. The van der Waals surface area contributed by atoms with Gasteiger partial charge in [0.1, 0.15) is 13.2 Å². The summed E-state index contributed by atoms with van der Waals surface area (Å²) in [4.78, 5) is 15.6. The third-order valence-corrected chi connectivity index (χ3v) is 4.73. The zero-order valence-corrected chi connectivity index (χ0v) is 14.4. The van der Waals surface area contributed by atoms with Gasteiger partial charge in [0.2, 0.25) is 10.0 Å². The van der Waals surface area contributed by atoms with E-state index in [1.807, 2.05) is 0 Å². The van der Waals surface area contributed by atoms with E-state index in [4.69, 9.17) is 9.47 Å². The molecule has 1 aliphatic rings. The number of fused-ring (bicyclic) bond motifs is 1. The number of amides is 1. The minimum absolute atomic E-state index is 0.0200. The molecule has 3 rings (SSSR count). The van der Waals surface area contributed by atoms with E-state index in [1.165, 1.54) is 24.4 Å². The Labute approximate surface area is 150 Å². The van der Waals surface area contributed by atoms with Crippen LogP contribution < -0.4 is 19.6 Å². The molecule has 2 aromatic rings. The molecule has 0 radical (unpaired) electrons. The highest BCUT2D eigenvalue weighted by molar-refractivity contribution is 7.89. The molecule has 2 N–H and O–H groups in total. The number of ether oxygens (including phenoxy) is 2. The molecule has 1 amide bonds. The van der Waals surface area contributed by atoms with Crippen molar-refractivity contribution in [1.29, 1.82) is 0 Å². The second-order valence-corrected chi connectivity index (χ2v) is 6.98. The molecule has 0 saturated heterocycles. The van der Waals surface area contributed by atoms with Crippen molar-refractivity contribution in [2.45, 2.75) is 4.90 Å². The Morgan fingerprint density at radius 1 is 1.23 bits per heavy atom. The number of rotatable bonds is 6. The Balaban J connectivity index is 1.56. The van der Waals surface area contributed by atoms with E-state index in [-0.39, 0.29) is 4.90 Å². The van der Waals surface area contributed by atoms with Crippen molar-refractivity contribution in [3.63, 3.8) is 0 Å². The Kier molecular flexibility index (Phi) is 5.44. The van der Waals surface area contributed by atoms with Crippen LogP contribution >= 0.6 is 0 Å². The Hall–Kier alpha value is -2.98. The lowest BCUT2D eigenvalue weighted by molar-refractivity contribution is -0.119. The van der Waals surface area contributed by atoms with Crippen LogP contribution in [-0.2, 0) is 14.8 Å². The number of nitrogens with zero attached hydrogens (tertiary/aromatic N) is 2. The maximum atomic E-state index is 12.3. The van der Waals surface area contributed by atoms with Crippen molar-refractivity contribution >= 4 is 22.1 Å². The normalized spacial score (nSPS) is 13.5. The van der Waals surface area contributed by atoms with Crippen molar-refractivity contribution < 1.29 is 22.7 Å². The molecule has 0 unspecified atom stereocenters. The molecule has 1 aromatic carbocycles. The molecular formula is C16H16N4O5S. The van der Waals surface area contributed by atoms with Crippen LogP contribution in [0.5, 0.6) is 11.5 Å². The maximum absolute atomic E-state index is 12.3. The number of carbonyl (C=O) groups is 1. The Bertz CT molecular complexity index is 915. The first-order valence-corrected chi connectivity index (χ1v) is 9.14. The van der Waals surface area contributed by atoms with Crippen LogP contribution in [-0.4, -0.2) is 45.3 Å². The number of hydrazone groups is 1. The summed E-state index contributed by atoms with van der Waals surface area (Å²) in [6.07, 6.45) is 4.59. The Morgan fingerprint density at radius 2 is 2.04 bits per heavy atom. The van der Waals surface area contributed by atoms with Gasteiger partial charge in [0.05, 0.1) is 17.7 Å². The summed E-state index contributed by atoms with van der Waals surface area (Å²) in [6, 6.07) is 7.74. The van der Waals surface area contributed by atoms with Gasteiger partial charge in [-0.1, -0.05) is 6.07 Å². The summed E-state index contributed by atoms with van der Waals surface area (Å²) < 4.78 is 37.5. The molecule has 136 valence electrons. The number of hydrogen-bond acceptors (Lipinski definition) is 7. The molecule has 9 nitrogen and oxygen atoms in total. The van der Waals surface area contributed by atoms with E-state index < -0.39 is 22.5 Å². The SMILES string of the molecule is O=C(CNS(=O)(=O)c1ccc2c(c1)OCCO2)N/N=C/c1cccnc1. The molecule has 0 aliphatic carbocycles. The monoisotopic (exact) mass is 376 g/mol. The summed E-state index contributed by atoms with van der Waals surface area (Å²) in [5, 5.41) is 3.74. The molecule has 1 aromatic heterocycles. The van der Waals surface area contributed by atoms with Gasteiger partial charge in [-0.2, -0.15) is 5.10 Å². The van der Waals surface area contributed by atoms with Gasteiger partial charge >= 0.3 is 0 Å². The number of aromatic nitrogens is 1. The van der Waals surface area contributed by atoms with Crippen LogP contribution in [0.2, 0.25) is 0 Å². The Morgan fingerprint density at radius 3 is 2.81 bits per heavy atom. The summed E-state index contributed by atoms with van der Waals surface area (Å²) in [6.45, 7) is 0.305. The van der Waals surface area contributed by atoms with E-state index in [1.54, 1.807) is 24.5 Å². The number of benzene rings is 1. The van der Waals surface area contributed by atoms with E-state index in [9.17, 15) is 13.2 Å². The second-order valence-electron chi connectivity index (χ2n) is 5.21. The summed E-state index contributed by atoms with van der Waals surface area (Å²) >= 11 is 0. The smallest absolute Gasteiger partial charge is 0.255 e. The van der Waals surface area contributed by atoms with E-state index in [0.29, 0.717) is 30.3 Å². The van der Waals surface area contributed by atoms with Crippen LogP contribution in [0.25, 0.3) is 0 Å². The summed E-state index contributed by atoms with van der Waals surface area (Å²) in [5.41, 5.74) is 2.93. The zero-order chi connectivity index (χ0) is 18.4. The van der Waals surface area contributed by atoms with Crippen molar-refractivity contribution in [1.82, 2.24) is 15.1 Å². The number of sulfonamides is 1. The standard InChI is InChI=1S/C16H16N4O5S/c21-16(20-18-10-12-2-1-5-17-9-12)11-19-26(22,23)13-3-4-14-15(8-13)25-7-6-24-14/h1-5,8-10,19H,6-7,11H2,(H,20,21)/b18-10+. The van der Waals surface area contributed by atoms with Crippen LogP contribution in [0.1, 0.15) is 5.56 Å². The van der Waals surface area contributed by atoms with Crippen molar-refractivity contribution in [2.24, 2.45) is 5.10 Å². The fraction of sp³-hybridized carbons (Fsp3) is 0.188. The maximum Gasteiger partial charge on any atom is 0.255 e. The second kappa shape index (κ2) is 7.93. The fourth-order valence-electron chi connectivity index (χ4n) is 2.11. The van der Waals surface area contributed by atoms with Gasteiger partial charge in [-0.25, -0.2) is 18.6 Å². The third-order valence-electron chi connectivity index (χ3n) is 3.33. The van der Waals surface area contributed by atoms with E-state index >= 15 is 0 Å². The molecule has 0 spiro atoms. The quantitative estimate of drug-likeness (QED) is 0.552. The van der Waals surface area contributed by atoms with Crippen molar-refractivity contribution in [3.8, 4) is 11.5 Å². The molecule has 2 heterocycles. The number of hydrogen-bond donors (Lipinski definition) is 2. The van der Waals surface area contributed by atoms with Gasteiger partial charge in [0.15, 0.2) is 11.5 Å². The molecular weight excluding hydrogens is 360 g/mol. The molecule has 0 saturated carbocycles. The van der Waals surface area contributed by atoms with Crippen LogP contribution in [0.4, 0.5) is 0 Å². The average Bonchev–Trinajstić information content (AvgIpc) is 2.67. The molecule has 0 bridgehead atoms. The van der Waals surface area contributed by atoms with Crippen LogP contribution in [0.3, 0.4) is 0 Å². The summed E-state index contributed by atoms with van der Waals surface area (Å²) in [7, 11) is -3.87. The first-order valence-electron chi connectivity index (χ1n) is 7.66. The van der Waals surface area contributed by atoms with Crippen LogP contribution in [0.15, 0.2) is 52.7 Å². The molecule has 26 heavy (non-hydrogen) atoms. The highest BCUT2D eigenvalue weighted by Crippen LogP contribution is 2.32. The lowest BCUT2D eigenvalue weighted by atomic mass is 10.3. The lowest BCUT2D eigenvalue weighted by Crippen LogP contribution is -2.35. The number of pyridine rings is 1. The lowest BCUT2D eigenvalue weighted by Gasteiger charge is -2.18. The molecule has 0 atom stereocenters. The molecule has 0 fully saturated rings. The largest absolute Gasteiger partial charge is 0.486 e. The van der Waals surface area contributed by atoms with Gasteiger partial charge in [-0.15, -0.1) is 0 Å². The third kappa shape index (κ3) is 4.55. The van der Waals surface area contributed by atoms with Gasteiger partial charge < -0.3 is 9.47 Å². The average molecular weight is 376 g/mol. The van der Waals surface area contributed by atoms with Crippen molar-refractivity contribution in [2.75, 3.05) is 19.8 Å². The van der Waals surface area contributed by atoms with Crippen LogP contribution in [0, 0.1) is 0 Å². The summed E-state index contributed by atoms with van der Waals surface area (Å²) in [5.74, 6) is 0.230. The first-order chi connectivity index (χ1) is 12.5. The van der Waals surface area contributed by atoms with Gasteiger partial charge in [0, 0.05) is 24.0 Å². The van der Waals surface area contributed by atoms with Gasteiger partial charge in [-0.3, -0.25) is 9.78 Å². The molecule has 10 heteroatoms. The fourth-order valence-corrected chi connectivity index (χ4v) is 3.10. The minimum Gasteiger partial charge on any atom is -0.486 e. The predicted molar refractivity (Wildman–Crippen MR) is 92.6 cm³/mol. The highest BCUT2D eigenvalue weighted by Gasteiger charge is 2.20. The first kappa shape index (κ1) is 17.8. The molecule has 1 aliphatic heterocycles. The van der Waals surface area contributed by atoms with E-state index in [2.05, 4.69) is 20.2 Å². The van der Waals surface area contributed by atoms with Gasteiger partial charge in [-0.05, 0) is 18.2 Å². The van der Waals surface area contributed by atoms with E-state index in [0.717, 1.165) is 0 Å². The number of carbonyl (C=O) groups excluding carboxylic acids is 1.